The van der Waals surface area contributed by atoms with Gasteiger partial charge in [-0.2, -0.15) is 0 Å². The first kappa shape index (κ1) is 12.3. The summed E-state index contributed by atoms with van der Waals surface area (Å²) >= 11 is 19.7. The highest BCUT2D eigenvalue weighted by molar-refractivity contribution is 6.63. The lowest BCUT2D eigenvalue weighted by Crippen LogP contribution is -2.21. The second kappa shape index (κ2) is 5.86. The molecule has 0 aliphatic carbocycles. The molecule has 0 aromatic rings. The highest BCUT2D eigenvalue weighted by atomic mass is 35.6. The summed E-state index contributed by atoms with van der Waals surface area (Å²) in [4.78, 5) is 20.6. The first-order chi connectivity index (χ1) is 5.43. The van der Waals surface area contributed by atoms with Gasteiger partial charge < -0.3 is 0 Å². The fourth-order valence-corrected chi connectivity index (χ4v) is 0.717. The van der Waals surface area contributed by atoms with E-state index in [1.54, 1.807) is 0 Å². The minimum Gasteiger partial charge on any atom is -0.295 e. The average Bonchev–Trinajstić information content (AvgIpc) is 2.08. The summed E-state index contributed by atoms with van der Waals surface area (Å²) in [6.45, 7) is 0. The molecule has 1 N–H and O–H groups in total. The Kier molecular flexibility index (Phi) is 6.01. The molecule has 1 saturated heterocycles. The smallest absolute Gasteiger partial charge is 0.245 e. The number of nitrogens with one attached hydrogen (secondary N) is 1. The van der Waals surface area contributed by atoms with Crippen LogP contribution in [0.15, 0.2) is 0 Å². The van der Waals surface area contributed by atoms with Crippen LogP contribution in [0.25, 0.3) is 0 Å². The Bertz CT molecular complexity index is 182. The normalized spacial score (nSPS) is 21.9. The molecule has 1 rings (SSSR count). The van der Waals surface area contributed by atoms with Crippen molar-refractivity contribution in [1.82, 2.24) is 5.32 Å². The van der Waals surface area contributed by atoms with E-state index in [0.29, 0.717) is 0 Å². The zero-order valence-electron chi connectivity index (χ0n) is 5.69. The van der Waals surface area contributed by atoms with E-state index in [1.807, 2.05) is 0 Å². The first-order valence-electron chi connectivity index (χ1n) is 2.83. The molecule has 0 saturated carbocycles. The number of carbonyl (C=O) groups excluding carboxylic acids is 2. The molecule has 1 aliphatic rings. The number of imide groups is 1. The predicted octanol–water partition coefficient (Wildman–Crippen LogP) is 1.63. The van der Waals surface area contributed by atoms with Crippen LogP contribution < -0.4 is 5.32 Å². The first-order valence-corrected chi connectivity index (χ1v) is 4.58. The van der Waals surface area contributed by atoms with E-state index >= 15 is 0 Å². The molecule has 0 radical (unpaired) electrons. The van der Waals surface area contributed by atoms with Gasteiger partial charge in [0.25, 0.3) is 0 Å². The Hall–Kier alpha value is 0.300. The third kappa shape index (κ3) is 5.89. The predicted molar refractivity (Wildman–Crippen MR) is 48.8 cm³/mol. The molecule has 0 bridgehead atoms. The molecule has 1 aliphatic heterocycles. The van der Waals surface area contributed by atoms with Gasteiger partial charge in [0.15, 0.2) is 4.30 Å². The highest BCUT2D eigenvalue weighted by Crippen LogP contribution is 2.07. The minimum absolute atomic E-state index is 0.125. The third-order valence-electron chi connectivity index (χ3n) is 0.912. The van der Waals surface area contributed by atoms with Crippen molar-refractivity contribution in [3.63, 3.8) is 0 Å². The van der Waals surface area contributed by atoms with Gasteiger partial charge in [-0.3, -0.25) is 14.9 Å². The Labute approximate surface area is 89.3 Å². The van der Waals surface area contributed by atoms with Crippen LogP contribution in [0.1, 0.15) is 6.42 Å². The molecule has 0 aromatic heterocycles. The van der Waals surface area contributed by atoms with E-state index < -0.39 is 9.67 Å². The van der Waals surface area contributed by atoms with E-state index in [0.717, 1.165) is 0 Å². The van der Waals surface area contributed by atoms with Crippen molar-refractivity contribution in [2.24, 2.45) is 0 Å². The SMILES string of the molecule is ClC(Cl)Cl.O=C1CC(Cl)C(=O)N1. The van der Waals surface area contributed by atoms with Gasteiger partial charge in [-0.15, -0.1) is 11.6 Å². The lowest BCUT2D eigenvalue weighted by molar-refractivity contribution is -0.124. The lowest BCUT2D eigenvalue weighted by Gasteiger charge is -1.85. The van der Waals surface area contributed by atoms with Crippen LogP contribution in [-0.2, 0) is 9.59 Å². The molecule has 0 aromatic carbocycles. The van der Waals surface area contributed by atoms with Gasteiger partial charge in [-0.1, -0.05) is 34.8 Å². The molecule has 1 fully saturated rings. The number of hydrogen-bond donors (Lipinski definition) is 1. The van der Waals surface area contributed by atoms with Gasteiger partial charge in [0.2, 0.25) is 11.8 Å². The van der Waals surface area contributed by atoms with Crippen LogP contribution in [0.5, 0.6) is 0 Å². The molecule has 1 unspecified atom stereocenters. The van der Waals surface area contributed by atoms with E-state index in [9.17, 15) is 9.59 Å². The maximum absolute atomic E-state index is 10.3. The Morgan fingerprint density at radius 1 is 1.33 bits per heavy atom. The zero-order valence-corrected chi connectivity index (χ0v) is 8.71. The largest absolute Gasteiger partial charge is 0.295 e. The topological polar surface area (TPSA) is 46.2 Å². The van der Waals surface area contributed by atoms with Crippen LogP contribution in [-0.4, -0.2) is 21.5 Å². The second-order valence-electron chi connectivity index (χ2n) is 1.83. The minimum atomic E-state index is -0.750. The summed E-state index contributed by atoms with van der Waals surface area (Å²) in [6.07, 6.45) is 0.125. The molecule has 1 heterocycles. The van der Waals surface area contributed by atoms with Crippen LogP contribution in [0, 0.1) is 0 Å². The molecule has 7 heteroatoms. The third-order valence-corrected chi connectivity index (χ3v) is 1.26. The Morgan fingerprint density at radius 2 is 1.75 bits per heavy atom. The fourth-order valence-electron chi connectivity index (χ4n) is 0.522. The standard InChI is InChI=1S/C4H4ClNO2.CHCl3/c5-2-1-3(7)6-4(2)8;2-1(3)4/h2H,1H2,(H,6,7,8);1H. The van der Waals surface area contributed by atoms with Gasteiger partial charge in [0, 0.05) is 0 Å². The van der Waals surface area contributed by atoms with Gasteiger partial charge in [-0.05, 0) is 0 Å². The van der Waals surface area contributed by atoms with Gasteiger partial charge in [0.05, 0.1) is 6.42 Å². The summed E-state index contributed by atoms with van der Waals surface area (Å²) in [6, 6.07) is 0. The number of carbonyl (C=O) groups is 2. The summed E-state index contributed by atoms with van der Waals surface area (Å²) in [7, 11) is 0. The fraction of sp³-hybridized carbons (Fsp3) is 0.600. The number of rotatable bonds is 0. The van der Waals surface area contributed by atoms with Crippen molar-refractivity contribution in [2.45, 2.75) is 16.1 Å². The molecule has 1 atom stereocenters. The monoisotopic (exact) mass is 251 g/mol. The molecule has 12 heavy (non-hydrogen) atoms. The molecule has 0 spiro atoms. The number of halogens is 4. The van der Waals surface area contributed by atoms with E-state index in [1.165, 1.54) is 0 Å². The summed E-state index contributed by atoms with van der Waals surface area (Å²) in [5.74, 6) is -0.660. The summed E-state index contributed by atoms with van der Waals surface area (Å²) in [5, 5.41) is 1.42. The second-order valence-corrected chi connectivity index (χ2v) is 4.34. The van der Waals surface area contributed by atoms with Crippen molar-refractivity contribution in [3.05, 3.63) is 0 Å². The van der Waals surface area contributed by atoms with Crippen molar-refractivity contribution in [2.75, 3.05) is 0 Å². The van der Waals surface area contributed by atoms with Crippen molar-refractivity contribution in [3.8, 4) is 0 Å². The van der Waals surface area contributed by atoms with E-state index in [4.69, 9.17) is 46.4 Å². The van der Waals surface area contributed by atoms with Crippen molar-refractivity contribution in [1.29, 1.82) is 0 Å². The molecule has 2 amide bonds. The highest BCUT2D eigenvalue weighted by Gasteiger charge is 2.27. The van der Waals surface area contributed by atoms with E-state index in [-0.39, 0.29) is 18.2 Å². The van der Waals surface area contributed by atoms with E-state index in [2.05, 4.69) is 5.32 Å². The maximum Gasteiger partial charge on any atom is 0.245 e. The molecule has 3 nitrogen and oxygen atoms in total. The maximum atomic E-state index is 10.3. The van der Waals surface area contributed by atoms with Crippen LogP contribution in [0.4, 0.5) is 0 Å². The zero-order chi connectivity index (χ0) is 9.72. The van der Waals surface area contributed by atoms with Gasteiger partial charge in [0.1, 0.15) is 5.38 Å². The summed E-state index contributed by atoms with van der Waals surface area (Å²) < 4.78 is -0.750. The Morgan fingerprint density at radius 3 is 1.83 bits per heavy atom. The molecule has 70 valence electrons. The molecular weight excluding hydrogens is 248 g/mol. The van der Waals surface area contributed by atoms with Crippen LogP contribution >= 0.6 is 46.4 Å². The quantitative estimate of drug-likeness (QED) is 0.526. The lowest BCUT2D eigenvalue weighted by atomic mass is 10.4. The number of alkyl halides is 4. The Balaban J connectivity index is 0.000000261. The van der Waals surface area contributed by atoms with Crippen molar-refractivity contribution < 1.29 is 9.59 Å². The van der Waals surface area contributed by atoms with Gasteiger partial charge >= 0.3 is 0 Å². The summed E-state index contributed by atoms with van der Waals surface area (Å²) in [5.41, 5.74) is 0. The van der Waals surface area contributed by atoms with Crippen LogP contribution in [0.3, 0.4) is 0 Å². The van der Waals surface area contributed by atoms with Gasteiger partial charge in [-0.25, -0.2) is 0 Å². The number of amides is 2. The van der Waals surface area contributed by atoms with Crippen molar-refractivity contribution >= 4 is 58.2 Å². The van der Waals surface area contributed by atoms with Crippen LogP contribution in [0.2, 0.25) is 0 Å². The molecular formula is C5H5Cl4NO2. The average molecular weight is 253 g/mol. The number of hydrogen-bond acceptors (Lipinski definition) is 2.